The maximum absolute atomic E-state index is 13.3. The van der Waals surface area contributed by atoms with Gasteiger partial charge >= 0.3 is 0 Å². The first-order valence-corrected chi connectivity index (χ1v) is 8.26. The maximum atomic E-state index is 13.3. The minimum Gasteiger partial charge on any atom is -0.335 e. The molecule has 0 saturated heterocycles. The Morgan fingerprint density at radius 2 is 1.86 bits per heavy atom. The van der Waals surface area contributed by atoms with Gasteiger partial charge in [0, 0.05) is 23.8 Å². The fraction of sp³-hybridized carbons (Fsp3) is 0.308. The van der Waals surface area contributed by atoms with Crippen molar-refractivity contribution in [1.82, 2.24) is 4.90 Å². The van der Waals surface area contributed by atoms with E-state index in [-0.39, 0.29) is 13.1 Å². The van der Waals surface area contributed by atoms with Crippen LogP contribution in [0.2, 0.25) is 0 Å². The van der Waals surface area contributed by atoms with E-state index in [1.807, 2.05) is 0 Å². The van der Waals surface area contributed by atoms with Crippen molar-refractivity contribution in [3.05, 3.63) is 41.5 Å². The zero-order valence-corrected chi connectivity index (χ0v) is 13.1. The molecule has 0 saturated carbocycles. The molecule has 0 aromatic heterocycles. The van der Waals surface area contributed by atoms with Crippen LogP contribution in [-0.4, -0.2) is 32.3 Å². The van der Waals surface area contributed by atoms with Crippen LogP contribution in [0.4, 0.5) is 8.78 Å². The van der Waals surface area contributed by atoms with Gasteiger partial charge in [0.05, 0.1) is 10.5 Å². The molecule has 0 atom stereocenters. The third-order valence-corrected chi connectivity index (χ3v) is 4.01. The summed E-state index contributed by atoms with van der Waals surface area (Å²) >= 11 is 0. The van der Waals surface area contributed by atoms with E-state index in [0.717, 1.165) is 0 Å². The maximum Gasteiger partial charge on any atom is 0.262 e. The van der Waals surface area contributed by atoms with E-state index in [1.54, 1.807) is 13.8 Å². The SMILES string of the molecule is C=C(C)CN(CC)C(=O)c1cc(F)c(F)cc1S(=O)(=O)Cl. The highest BCUT2D eigenvalue weighted by Crippen LogP contribution is 2.24. The van der Waals surface area contributed by atoms with Crippen LogP contribution in [-0.2, 0) is 9.05 Å². The summed E-state index contributed by atoms with van der Waals surface area (Å²) in [6, 6.07) is 0.938. The summed E-state index contributed by atoms with van der Waals surface area (Å²) in [5.41, 5.74) is 0.148. The van der Waals surface area contributed by atoms with Crippen LogP contribution in [0.5, 0.6) is 0 Å². The van der Waals surface area contributed by atoms with Crippen molar-refractivity contribution in [2.75, 3.05) is 13.1 Å². The molecule has 0 aliphatic carbocycles. The fourth-order valence-corrected chi connectivity index (χ4v) is 2.76. The van der Waals surface area contributed by atoms with Gasteiger partial charge in [-0.3, -0.25) is 4.79 Å². The Morgan fingerprint density at radius 3 is 2.29 bits per heavy atom. The smallest absolute Gasteiger partial charge is 0.262 e. The van der Waals surface area contributed by atoms with Crippen molar-refractivity contribution < 1.29 is 22.0 Å². The molecule has 116 valence electrons. The van der Waals surface area contributed by atoms with Crippen LogP contribution in [0.1, 0.15) is 24.2 Å². The largest absolute Gasteiger partial charge is 0.335 e. The number of carbonyl (C=O) groups is 1. The Hall–Kier alpha value is -1.47. The molecule has 8 heteroatoms. The van der Waals surface area contributed by atoms with Crippen molar-refractivity contribution in [1.29, 1.82) is 0 Å². The van der Waals surface area contributed by atoms with Gasteiger partial charge in [0.1, 0.15) is 0 Å². The van der Waals surface area contributed by atoms with Crippen LogP contribution in [0, 0.1) is 11.6 Å². The Kier molecular flexibility index (Phi) is 5.47. The molecule has 21 heavy (non-hydrogen) atoms. The van der Waals surface area contributed by atoms with Crippen LogP contribution in [0.15, 0.2) is 29.2 Å². The molecule has 0 spiro atoms. The van der Waals surface area contributed by atoms with Crippen molar-refractivity contribution in [2.24, 2.45) is 0 Å². The first-order valence-electron chi connectivity index (χ1n) is 5.95. The van der Waals surface area contributed by atoms with Gasteiger partial charge in [0.25, 0.3) is 15.0 Å². The third-order valence-electron chi connectivity index (χ3n) is 2.65. The predicted molar refractivity (Wildman–Crippen MR) is 75.8 cm³/mol. The van der Waals surface area contributed by atoms with Crippen LogP contribution in [0.3, 0.4) is 0 Å². The molecule has 0 unspecified atom stereocenters. The average molecular weight is 338 g/mol. The summed E-state index contributed by atoms with van der Waals surface area (Å²) in [7, 11) is 0.788. The molecular formula is C13H14ClF2NO3S. The molecule has 0 N–H and O–H groups in total. The second-order valence-electron chi connectivity index (χ2n) is 4.48. The fourth-order valence-electron chi connectivity index (χ4n) is 1.72. The van der Waals surface area contributed by atoms with E-state index in [1.165, 1.54) is 4.90 Å². The zero-order valence-electron chi connectivity index (χ0n) is 11.5. The topological polar surface area (TPSA) is 54.5 Å². The molecule has 1 aromatic carbocycles. The molecule has 1 aromatic rings. The van der Waals surface area contributed by atoms with E-state index in [2.05, 4.69) is 6.58 Å². The average Bonchev–Trinajstić information content (AvgIpc) is 2.36. The molecule has 1 amide bonds. The van der Waals surface area contributed by atoms with Crippen LogP contribution in [0.25, 0.3) is 0 Å². The van der Waals surface area contributed by atoms with Gasteiger partial charge in [-0.1, -0.05) is 12.2 Å². The highest BCUT2D eigenvalue weighted by atomic mass is 35.7. The standard InChI is InChI=1S/C13H14ClF2NO3S/c1-4-17(7-8(2)3)13(18)9-5-10(15)11(16)6-12(9)21(14,19)20/h5-6H,2,4,7H2,1,3H3. The van der Waals surface area contributed by atoms with Gasteiger partial charge in [-0.25, -0.2) is 17.2 Å². The lowest BCUT2D eigenvalue weighted by atomic mass is 10.1. The second kappa shape index (κ2) is 6.53. The summed E-state index contributed by atoms with van der Waals surface area (Å²) in [6.45, 7) is 7.40. The Bertz CT molecular complexity index is 689. The number of hydrogen-bond donors (Lipinski definition) is 0. The number of benzene rings is 1. The molecule has 0 aliphatic rings. The van der Waals surface area contributed by atoms with Crippen molar-refractivity contribution in [3.8, 4) is 0 Å². The molecular weight excluding hydrogens is 324 g/mol. The molecule has 0 heterocycles. The summed E-state index contributed by atoms with van der Waals surface area (Å²) in [5.74, 6) is -3.49. The zero-order chi connectivity index (χ0) is 16.4. The van der Waals surface area contributed by atoms with E-state index in [9.17, 15) is 22.0 Å². The van der Waals surface area contributed by atoms with E-state index < -0.39 is 37.1 Å². The second-order valence-corrected chi connectivity index (χ2v) is 7.01. The highest BCUT2D eigenvalue weighted by molar-refractivity contribution is 8.13. The molecule has 0 radical (unpaired) electrons. The number of halogens is 3. The lowest BCUT2D eigenvalue weighted by molar-refractivity contribution is 0.0774. The summed E-state index contributed by atoms with van der Waals surface area (Å²) in [4.78, 5) is 12.8. The minimum atomic E-state index is -4.39. The van der Waals surface area contributed by atoms with Gasteiger partial charge in [-0.15, -0.1) is 0 Å². The monoisotopic (exact) mass is 337 g/mol. The highest BCUT2D eigenvalue weighted by Gasteiger charge is 2.26. The lowest BCUT2D eigenvalue weighted by Gasteiger charge is -2.22. The third kappa shape index (κ3) is 4.25. The molecule has 0 fully saturated rings. The number of amides is 1. The molecule has 4 nitrogen and oxygen atoms in total. The number of nitrogens with zero attached hydrogens (tertiary/aromatic N) is 1. The first kappa shape index (κ1) is 17.6. The summed E-state index contributed by atoms with van der Waals surface area (Å²) in [6.07, 6.45) is 0. The first-order chi connectivity index (χ1) is 9.57. The Balaban J connectivity index is 3.44. The lowest BCUT2D eigenvalue weighted by Crippen LogP contribution is -2.33. The van der Waals surface area contributed by atoms with Gasteiger partial charge in [0.2, 0.25) is 0 Å². The summed E-state index contributed by atoms with van der Waals surface area (Å²) < 4.78 is 49.4. The van der Waals surface area contributed by atoms with Gasteiger partial charge in [-0.05, 0) is 26.0 Å². The van der Waals surface area contributed by atoms with Gasteiger partial charge in [-0.2, -0.15) is 0 Å². The summed E-state index contributed by atoms with van der Waals surface area (Å²) in [5, 5.41) is 0. The predicted octanol–water partition coefficient (Wildman–Crippen LogP) is 2.93. The Morgan fingerprint density at radius 1 is 1.33 bits per heavy atom. The van der Waals surface area contributed by atoms with Crippen molar-refractivity contribution in [3.63, 3.8) is 0 Å². The van der Waals surface area contributed by atoms with Crippen molar-refractivity contribution >= 4 is 25.6 Å². The molecule has 0 bridgehead atoms. The van der Waals surface area contributed by atoms with Crippen LogP contribution < -0.4 is 0 Å². The van der Waals surface area contributed by atoms with Gasteiger partial charge in [0.15, 0.2) is 11.6 Å². The Labute approximate surface area is 126 Å². The number of hydrogen-bond acceptors (Lipinski definition) is 3. The van der Waals surface area contributed by atoms with E-state index in [4.69, 9.17) is 10.7 Å². The van der Waals surface area contributed by atoms with Crippen molar-refractivity contribution in [2.45, 2.75) is 18.7 Å². The number of likely N-dealkylation sites (N-methyl/N-ethyl adjacent to an activating group) is 1. The van der Waals surface area contributed by atoms with E-state index >= 15 is 0 Å². The number of carbonyl (C=O) groups excluding carboxylic acids is 1. The molecule has 1 rings (SSSR count). The van der Waals surface area contributed by atoms with Crippen LogP contribution >= 0.6 is 10.7 Å². The van der Waals surface area contributed by atoms with Gasteiger partial charge < -0.3 is 4.90 Å². The molecule has 0 aliphatic heterocycles. The number of rotatable bonds is 5. The quantitative estimate of drug-likeness (QED) is 0.613. The minimum absolute atomic E-state index is 0.163. The normalized spacial score (nSPS) is 11.3. The van der Waals surface area contributed by atoms with E-state index in [0.29, 0.717) is 17.7 Å².